The maximum atomic E-state index is 12.8. The van der Waals surface area contributed by atoms with Crippen molar-refractivity contribution in [2.75, 3.05) is 0 Å². The number of rotatable bonds is 5. The highest BCUT2D eigenvalue weighted by atomic mass is 32.1. The molecule has 0 bridgehead atoms. The number of fused-ring (bicyclic) bond motifs is 1. The molecule has 0 atom stereocenters. The van der Waals surface area contributed by atoms with E-state index in [2.05, 4.69) is 20.5 Å². The smallest absolute Gasteiger partial charge is 0.349 e. The zero-order valence-electron chi connectivity index (χ0n) is 13.2. The van der Waals surface area contributed by atoms with Crippen molar-refractivity contribution in [3.8, 4) is 0 Å². The minimum absolute atomic E-state index is 0.00296. The van der Waals surface area contributed by atoms with Crippen LogP contribution in [0.15, 0.2) is 23.8 Å². The van der Waals surface area contributed by atoms with Gasteiger partial charge < -0.3 is 5.32 Å². The molecule has 0 spiro atoms. The first-order valence-corrected chi connectivity index (χ1v) is 8.29. The zero-order valence-corrected chi connectivity index (χ0v) is 14.0. The largest absolute Gasteiger partial charge is 0.417 e. The van der Waals surface area contributed by atoms with Gasteiger partial charge in [0.2, 0.25) is 5.91 Å². The lowest BCUT2D eigenvalue weighted by Crippen LogP contribution is -2.24. The van der Waals surface area contributed by atoms with E-state index in [-0.39, 0.29) is 30.3 Å². The number of thiazole rings is 1. The Kier molecular flexibility index (Phi) is 4.71. The lowest BCUT2D eigenvalue weighted by Gasteiger charge is -2.08. The van der Waals surface area contributed by atoms with Crippen molar-refractivity contribution in [3.63, 3.8) is 0 Å². The predicted octanol–water partition coefficient (Wildman–Crippen LogP) is 2.76. The molecule has 25 heavy (non-hydrogen) atoms. The fraction of sp³-hybridized carbons (Fsp3) is 0.333. The molecule has 1 N–H and O–H groups in total. The van der Waals surface area contributed by atoms with Crippen LogP contribution in [0.5, 0.6) is 0 Å². The quantitative estimate of drug-likeness (QED) is 0.751. The molecule has 3 aromatic heterocycles. The summed E-state index contributed by atoms with van der Waals surface area (Å²) in [4.78, 5) is 17.1. The van der Waals surface area contributed by atoms with Crippen LogP contribution in [0.4, 0.5) is 13.2 Å². The van der Waals surface area contributed by atoms with Gasteiger partial charge in [-0.2, -0.15) is 13.2 Å². The van der Waals surface area contributed by atoms with Gasteiger partial charge >= 0.3 is 6.18 Å². The van der Waals surface area contributed by atoms with Crippen LogP contribution in [0.25, 0.3) is 5.65 Å². The molecule has 0 saturated heterocycles. The maximum absolute atomic E-state index is 12.8. The second-order valence-electron chi connectivity index (χ2n) is 5.40. The fourth-order valence-electron chi connectivity index (χ4n) is 2.29. The van der Waals surface area contributed by atoms with Crippen molar-refractivity contribution < 1.29 is 18.0 Å². The van der Waals surface area contributed by atoms with E-state index in [1.54, 1.807) is 5.51 Å². The molecule has 6 nitrogen and oxygen atoms in total. The number of pyridine rings is 1. The molecule has 0 aliphatic rings. The Morgan fingerprint density at radius 2 is 2.12 bits per heavy atom. The summed E-state index contributed by atoms with van der Waals surface area (Å²) in [6.45, 7) is 1.88. The van der Waals surface area contributed by atoms with E-state index in [9.17, 15) is 18.0 Å². The Morgan fingerprint density at radius 1 is 1.32 bits per heavy atom. The van der Waals surface area contributed by atoms with E-state index in [1.165, 1.54) is 21.8 Å². The molecule has 0 fully saturated rings. The van der Waals surface area contributed by atoms with E-state index >= 15 is 0 Å². The minimum atomic E-state index is -4.45. The third kappa shape index (κ3) is 3.95. The zero-order chi connectivity index (χ0) is 18.0. The minimum Gasteiger partial charge on any atom is -0.349 e. The first-order valence-electron chi connectivity index (χ1n) is 7.41. The fourth-order valence-corrected chi connectivity index (χ4v) is 3.07. The Balaban J connectivity index is 1.64. The number of nitrogens with one attached hydrogen (secondary N) is 1. The predicted molar refractivity (Wildman–Crippen MR) is 85.0 cm³/mol. The molecule has 1 amide bonds. The van der Waals surface area contributed by atoms with E-state index in [0.717, 1.165) is 22.8 Å². The Bertz CT molecular complexity index is 902. The summed E-state index contributed by atoms with van der Waals surface area (Å²) in [5.74, 6) is 0.0277. The lowest BCUT2D eigenvalue weighted by atomic mass is 10.2. The van der Waals surface area contributed by atoms with Gasteiger partial charge in [-0.05, 0) is 25.5 Å². The Labute approximate surface area is 144 Å². The number of halogens is 3. The summed E-state index contributed by atoms with van der Waals surface area (Å²) in [5.41, 5.74) is 2.12. The third-order valence-corrected chi connectivity index (χ3v) is 4.66. The number of hydrogen-bond donors (Lipinski definition) is 1. The lowest BCUT2D eigenvalue weighted by molar-refractivity contribution is -0.137. The summed E-state index contributed by atoms with van der Waals surface area (Å²) in [7, 11) is 0. The highest BCUT2D eigenvalue weighted by molar-refractivity contribution is 7.09. The van der Waals surface area contributed by atoms with Gasteiger partial charge in [0.15, 0.2) is 11.5 Å². The molecular weight excluding hydrogens is 355 g/mol. The molecule has 132 valence electrons. The van der Waals surface area contributed by atoms with E-state index in [4.69, 9.17) is 0 Å². The molecule has 0 saturated carbocycles. The normalized spacial score (nSPS) is 11.8. The molecular formula is C15H14F3N5OS. The van der Waals surface area contributed by atoms with Crippen molar-refractivity contribution in [2.45, 2.75) is 32.5 Å². The van der Waals surface area contributed by atoms with Crippen LogP contribution >= 0.6 is 11.3 Å². The monoisotopic (exact) mass is 369 g/mol. The Morgan fingerprint density at radius 3 is 2.80 bits per heavy atom. The van der Waals surface area contributed by atoms with Gasteiger partial charge in [-0.3, -0.25) is 9.20 Å². The second kappa shape index (κ2) is 6.79. The van der Waals surface area contributed by atoms with Gasteiger partial charge in [-0.25, -0.2) is 4.98 Å². The number of aryl methyl sites for hydroxylation is 2. The van der Waals surface area contributed by atoms with E-state index in [0.29, 0.717) is 6.42 Å². The molecule has 0 aliphatic heterocycles. The Hall–Kier alpha value is -2.49. The van der Waals surface area contributed by atoms with Gasteiger partial charge in [0.05, 0.1) is 23.3 Å². The van der Waals surface area contributed by atoms with Crippen LogP contribution in [0.2, 0.25) is 0 Å². The summed E-state index contributed by atoms with van der Waals surface area (Å²) in [6, 6.07) is 2.19. The van der Waals surface area contributed by atoms with Crippen LogP contribution in [0, 0.1) is 6.92 Å². The molecule has 0 radical (unpaired) electrons. The van der Waals surface area contributed by atoms with E-state index in [1.807, 2.05) is 6.92 Å². The molecule has 0 aromatic carbocycles. The standard InChI is InChI=1S/C15H14F3N5OS/c1-9-11(25-8-20-9)3-5-14(24)19-6-13-22-21-12-4-2-10(7-23(12)13)15(16,17)18/h2,4,7-8H,3,5-6H2,1H3,(H,19,24). The summed E-state index contributed by atoms with van der Waals surface area (Å²) in [6.07, 6.45) is -2.68. The van der Waals surface area contributed by atoms with Crippen molar-refractivity contribution in [3.05, 3.63) is 45.8 Å². The first kappa shape index (κ1) is 17.3. The number of amides is 1. The van der Waals surface area contributed by atoms with Crippen molar-refractivity contribution in [1.82, 2.24) is 24.9 Å². The van der Waals surface area contributed by atoms with Gasteiger partial charge in [0.25, 0.3) is 0 Å². The maximum Gasteiger partial charge on any atom is 0.417 e. The van der Waals surface area contributed by atoms with Crippen LogP contribution in [-0.4, -0.2) is 25.5 Å². The highest BCUT2D eigenvalue weighted by Gasteiger charge is 2.31. The van der Waals surface area contributed by atoms with Gasteiger partial charge in [0, 0.05) is 17.5 Å². The molecule has 10 heteroatoms. The number of carbonyl (C=O) groups is 1. The van der Waals surface area contributed by atoms with Crippen molar-refractivity contribution in [1.29, 1.82) is 0 Å². The molecule has 3 aromatic rings. The van der Waals surface area contributed by atoms with Crippen LogP contribution in [0.3, 0.4) is 0 Å². The summed E-state index contributed by atoms with van der Waals surface area (Å²) < 4.78 is 39.7. The molecule has 0 aliphatic carbocycles. The average Bonchev–Trinajstić information content (AvgIpc) is 3.15. The number of carbonyl (C=O) groups excluding carboxylic acids is 1. The van der Waals surface area contributed by atoms with Gasteiger partial charge in [0.1, 0.15) is 0 Å². The van der Waals surface area contributed by atoms with Crippen LogP contribution in [-0.2, 0) is 23.9 Å². The average molecular weight is 369 g/mol. The molecule has 3 heterocycles. The summed E-state index contributed by atoms with van der Waals surface area (Å²) in [5, 5.41) is 10.3. The third-order valence-electron chi connectivity index (χ3n) is 3.67. The first-order chi connectivity index (χ1) is 11.8. The van der Waals surface area contributed by atoms with Crippen molar-refractivity contribution in [2.24, 2.45) is 0 Å². The highest BCUT2D eigenvalue weighted by Crippen LogP contribution is 2.29. The van der Waals surface area contributed by atoms with Crippen LogP contribution in [0.1, 0.15) is 28.4 Å². The SMILES string of the molecule is Cc1ncsc1CCC(=O)NCc1nnc2ccc(C(F)(F)F)cn12. The second-order valence-corrected chi connectivity index (χ2v) is 6.34. The van der Waals surface area contributed by atoms with Gasteiger partial charge in [-0.1, -0.05) is 0 Å². The van der Waals surface area contributed by atoms with Gasteiger partial charge in [-0.15, -0.1) is 21.5 Å². The number of hydrogen-bond acceptors (Lipinski definition) is 5. The molecule has 3 rings (SSSR count). The number of nitrogens with zero attached hydrogens (tertiary/aromatic N) is 4. The summed E-state index contributed by atoms with van der Waals surface area (Å²) >= 11 is 1.49. The van der Waals surface area contributed by atoms with Crippen LogP contribution < -0.4 is 5.32 Å². The number of aromatic nitrogens is 4. The van der Waals surface area contributed by atoms with Crippen molar-refractivity contribution >= 4 is 22.9 Å². The topological polar surface area (TPSA) is 72.2 Å². The number of alkyl halides is 3. The molecule has 0 unspecified atom stereocenters. The van der Waals surface area contributed by atoms with E-state index < -0.39 is 11.7 Å².